The van der Waals surface area contributed by atoms with E-state index in [1.807, 2.05) is 36.5 Å². The highest BCUT2D eigenvalue weighted by molar-refractivity contribution is 5.99. The fraction of sp³-hybridized carbons (Fsp3) is 0.286. The van der Waals surface area contributed by atoms with E-state index in [-0.39, 0.29) is 22.7 Å². The Hall–Kier alpha value is -3.55. The Bertz CT molecular complexity index is 1030. The number of nitro groups is 1. The summed E-state index contributed by atoms with van der Waals surface area (Å²) in [7, 11) is 1.42. The number of nitrogens with one attached hydrogen (secondary N) is 1. The number of aryl methyl sites for hydroxylation is 1. The average Bonchev–Trinajstić information content (AvgIpc) is 3.14. The number of hydrogen-bond donors (Lipinski definition) is 1. The number of para-hydroxylation sites is 1. The minimum Gasteiger partial charge on any atom is -0.493 e. The van der Waals surface area contributed by atoms with Gasteiger partial charge in [0.05, 0.1) is 24.7 Å². The molecule has 0 aliphatic rings. The molecule has 2 aromatic carbocycles. The molecule has 0 spiro atoms. The maximum atomic E-state index is 12.6. The number of fused-ring (bicyclic) bond motifs is 1. The van der Waals surface area contributed by atoms with E-state index >= 15 is 0 Å². The minimum atomic E-state index is -0.594. The first-order chi connectivity index (χ1) is 14.0. The summed E-state index contributed by atoms with van der Waals surface area (Å²) >= 11 is 0. The van der Waals surface area contributed by atoms with Gasteiger partial charge < -0.3 is 19.4 Å². The van der Waals surface area contributed by atoms with Crippen LogP contribution in [0.15, 0.2) is 48.7 Å². The lowest BCUT2D eigenvalue weighted by Gasteiger charge is -2.12. The first kappa shape index (κ1) is 20.2. The standard InChI is InChI=1S/C21H23N3O5/c1-3-29-20-14-18(24(26)27)16(13-19(20)28-2)21(25)22-10-6-11-23-12-9-15-7-4-5-8-17(15)23/h4-5,7-9,12-14H,3,6,10-11H2,1-2H3,(H,22,25). The zero-order valence-corrected chi connectivity index (χ0v) is 16.4. The summed E-state index contributed by atoms with van der Waals surface area (Å²) < 4.78 is 12.7. The molecular weight excluding hydrogens is 374 g/mol. The molecule has 0 aliphatic carbocycles. The molecule has 0 saturated heterocycles. The fourth-order valence-electron chi connectivity index (χ4n) is 3.19. The number of nitrogens with zero attached hydrogens (tertiary/aromatic N) is 2. The Balaban J connectivity index is 1.67. The minimum absolute atomic E-state index is 0.0540. The van der Waals surface area contributed by atoms with Gasteiger partial charge in [0.1, 0.15) is 5.56 Å². The molecule has 0 saturated carbocycles. The Labute approximate surface area is 168 Å². The van der Waals surface area contributed by atoms with Crippen LogP contribution in [0.1, 0.15) is 23.7 Å². The Morgan fingerprint density at radius 2 is 2.00 bits per heavy atom. The summed E-state index contributed by atoms with van der Waals surface area (Å²) in [6, 6.07) is 12.7. The van der Waals surface area contributed by atoms with E-state index in [4.69, 9.17) is 9.47 Å². The summed E-state index contributed by atoms with van der Waals surface area (Å²) in [6.45, 7) is 3.20. The van der Waals surface area contributed by atoms with E-state index < -0.39 is 10.8 Å². The molecule has 0 atom stereocenters. The normalized spacial score (nSPS) is 10.7. The van der Waals surface area contributed by atoms with Gasteiger partial charge in [-0.05, 0) is 30.9 Å². The Morgan fingerprint density at radius 1 is 1.21 bits per heavy atom. The molecular formula is C21H23N3O5. The molecule has 1 amide bonds. The van der Waals surface area contributed by atoms with Crippen LogP contribution in [0.5, 0.6) is 11.5 Å². The number of carbonyl (C=O) groups excluding carboxylic acids is 1. The Kier molecular flexibility index (Phi) is 6.33. The van der Waals surface area contributed by atoms with Gasteiger partial charge in [0.15, 0.2) is 11.5 Å². The van der Waals surface area contributed by atoms with Crippen molar-refractivity contribution in [2.45, 2.75) is 19.9 Å². The molecule has 1 heterocycles. The van der Waals surface area contributed by atoms with Crippen LogP contribution in [0, 0.1) is 10.1 Å². The lowest BCUT2D eigenvalue weighted by atomic mass is 10.1. The van der Waals surface area contributed by atoms with Crippen LogP contribution in [-0.4, -0.2) is 35.7 Å². The molecule has 8 heteroatoms. The summed E-state index contributed by atoms with van der Waals surface area (Å²) in [5, 5.41) is 15.3. The quantitative estimate of drug-likeness (QED) is 0.337. The van der Waals surface area contributed by atoms with Crippen LogP contribution in [0.2, 0.25) is 0 Å². The van der Waals surface area contributed by atoms with E-state index in [9.17, 15) is 14.9 Å². The molecule has 152 valence electrons. The van der Waals surface area contributed by atoms with Crippen molar-refractivity contribution >= 4 is 22.5 Å². The highest BCUT2D eigenvalue weighted by atomic mass is 16.6. The van der Waals surface area contributed by atoms with Gasteiger partial charge in [-0.3, -0.25) is 14.9 Å². The van der Waals surface area contributed by atoms with Crippen molar-refractivity contribution in [3.05, 3.63) is 64.3 Å². The van der Waals surface area contributed by atoms with E-state index in [0.717, 1.165) is 17.4 Å². The maximum Gasteiger partial charge on any atom is 0.286 e. The second-order valence-corrected chi connectivity index (χ2v) is 6.39. The third-order valence-corrected chi connectivity index (χ3v) is 4.56. The second kappa shape index (κ2) is 9.09. The first-order valence-electron chi connectivity index (χ1n) is 9.36. The summed E-state index contributed by atoms with van der Waals surface area (Å²) in [5.74, 6) is -0.00504. The van der Waals surface area contributed by atoms with Crippen molar-refractivity contribution in [1.82, 2.24) is 9.88 Å². The number of aromatic nitrogens is 1. The molecule has 3 rings (SSSR count). The third-order valence-electron chi connectivity index (χ3n) is 4.56. The largest absolute Gasteiger partial charge is 0.493 e. The molecule has 3 aromatic rings. The second-order valence-electron chi connectivity index (χ2n) is 6.39. The van der Waals surface area contributed by atoms with Crippen molar-refractivity contribution in [2.24, 2.45) is 0 Å². The predicted molar refractivity (Wildman–Crippen MR) is 110 cm³/mol. The molecule has 0 fully saturated rings. The number of ether oxygens (including phenoxy) is 2. The van der Waals surface area contributed by atoms with E-state index in [1.54, 1.807) is 6.92 Å². The Morgan fingerprint density at radius 3 is 2.72 bits per heavy atom. The maximum absolute atomic E-state index is 12.6. The van der Waals surface area contributed by atoms with Gasteiger partial charge in [0.2, 0.25) is 0 Å². The number of rotatable bonds is 9. The number of hydrogen-bond acceptors (Lipinski definition) is 5. The van der Waals surface area contributed by atoms with Crippen LogP contribution in [-0.2, 0) is 6.54 Å². The van der Waals surface area contributed by atoms with Gasteiger partial charge in [-0.2, -0.15) is 0 Å². The first-order valence-corrected chi connectivity index (χ1v) is 9.36. The van der Waals surface area contributed by atoms with Crippen molar-refractivity contribution in [3.63, 3.8) is 0 Å². The van der Waals surface area contributed by atoms with Gasteiger partial charge >= 0.3 is 0 Å². The zero-order chi connectivity index (χ0) is 20.8. The lowest BCUT2D eigenvalue weighted by Crippen LogP contribution is -2.26. The summed E-state index contributed by atoms with van der Waals surface area (Å²) in [5.41, 5.74) is 0.760. The van der Waals surface area contributed by atoms with Crippen molar-refractivity contribution in [1.29, 1.82) is 0 Å². The molecule has 0 aliphatic heterocycles. The molecule has 8 nitrogen and oxygen atoms in total. The molecule has 0 radical (unpaired) electrons. The monoisotopic (exact) mass is 397 g/mol. The van der Waals surface area contributed by atoms with Crippen LogP contribution in [0.4, 0.5) is 5.69 Å². The topological polar surface area (TPSA) is 95.6 Å². The molecule has 1 N–H and O–H groups in total. The number of methoxy groups -OCH3 is 1. The van der Waals surface area contributed by atoms with Crippen LogP contribution >= 0.6 is 0 Å². The highest BCUT2D eigenvalue weighted by Gasteiger charge is 2.24. The summed E-state index contributed by atoms with van der Waals surface area (Å²) in [6.07, 6.45) is 2.70. The van der Waals surface area contributed by atoms with Gasteiger partial charge in [0.25, 0.3) is 11.6 Å². The van der Waals surface area contributed by atoms with Gasteiger partial charge in [-0.1, -0.05) is 18.2 Å². The van der Waals surface area contributed by atoms with Crippen molar-refractivity contribution < 1.29 is 19.2 Å². The fourth-order valence-corrected chi connectivity index (χ4v) is 3.19. The number of benzene rings is 2. The molecule has 1 aromatic heterocycles. The van der Waals surface area contributed by atoms with Crippen molar-refractivity contribution in [2.75, 3.05) is 20.3 Å². The number of amides is 1. The van der Waals surface area contributed by atoms with E-state index in [0.29, 0.717) is 19.6 Å². The lowest BCUT2D eigenvalue weighted by molar-refractivity contribution is -0.385. The number of carbonyl (C=O) groups is 1. The number of nitro benzene ring substituents is 1. The van der Waals surface area contributed by atoms with E-state index in [2.05, 4.69) is 9.88 Å². The molecule has 0 bridgehead atoms. The molecule has 29 heavy (non-hydrogen) atoms. The SMILES string of the molecule is CCOc1cc([N+](=O)[O-])c(C(=O)NCCCn2ccc3ccccc32)cc1OC. The van der Waals surface area contributed by atoms with Crippen LogP contribution in [0.25, 0.3) is 10.9 Å². The highest BCUT2D eigenvalue weighted by Crippen LogP contribution is 2.34. The van der Waals surface area contributed by atoms with Gasteiger partial charge in [-0.25, -0.2) is 0 Å². The van der Waals surface area contributed by atoms with Gasteiger partial charge in [0, 0.05) is 30.9 Å². The molecule has 0 unspecified atom stereocenters. The van der Waals surface area contributed by atoms with Crippen LogP contribution < -0.4 is 14.8 Å². The van der Waals surface area contributed by atoms with Gasteiger partial charge in [-0.15, -0.1) is 0 Å². The van der Waals surface area contributed by atoms with E-state index in [1.165, 1.54) is 19.2 Å². The van der Waals surface area contributed by atoms with Crippen LogP contribution in [0.3, 0.4) is 0 Å². The smallest absolute Gasteiger partial charge is 0.286 e. The summed E-state index contributed by atoms with van der Waals surface area (Å²) in [4.78, 5) is 23.4. The third kappa shape index (κ3) is 4.48. The zero-order valence-electron chi connectivity index (χ0n) is 16.4. The average molecular weight is 397 g/mol. The van der Waals surface area contributed by atoms with Crippen molar-refractivity contribution in [3.8, 4) is 11.5 Å². The predicted octanol–water partition coefficient (Wildman–Crippen LogP) is 3.78.